The van der Waals surface area contributed by atoms with Crippen molar-refractivity contribution in [1.29, 1.82) is 0 Å². The summed E-state index contributed by atoms with van der Waals surface area (Å²) in [7, 11) is -1.06. The lowest BCUT2D eigenvalue weighted by atomic mass is 9.99. The Morgan fingerprint density at radius 3 is 2.35 bits per heavy atom. The minimum absolute atomic E-state index is 0.226. The van der Waals surface area contributed by atoms with Crippen molar-refractivity contribution in [2.45, 2.75) is 31.1 Å². The number of nitrogens with zero attached hydrogens (tertiary/aromatic N) is 2. The summed E-state index contributed by atoms with van der Waals surface area (Å²) in [6.45, 7) is 2.83. The molecular formula is C22H28N4O7S. The number of hydrogen-bond acceptors (Lipinski definition) is 8. The van der Waals surface area contributed by atoms with Crippen LogP contribution < -0.4 is 14.9 Å². The molecule has 0 aliphatic carbocycles. The van der Waals surface area contributed by atoms with Gasteiger partial charge < -0.3 is 15.0 Å². The van der Waals surface area contributed by atoms with Crippen LogP contribution in [-0.4, -0.2) is 52.5 Å². The van der Waals surface area contributed by atoms with Crippen molar-refractivity contribution < 1.29 is 27.7 Å². The van der Waals surface area contributed by atoms with Crippen LogP contribution >= 0.6 is 0 Å². The number of sulfonamides is 1. The second kappa shape index (κ2) is 11.6. The zero-order chi connectivity index (χ0) is 25.5. The van der Waals surface area contributed by atoms with Crippen molar-refractivity contribution in [2.24, 2.45) is 0 Å². The Hall–Kier alpha value is -3.51. The summed E-state index contributed by atoms with van der Waals surface area (Å²) in [5.74, 6) is -1.17. The van der Waals surface area contributed by atoms with E-state index in [1.807, 2.05) is 16.9 Å². The van der Waals surface area contributed by atoms with Gasteiger partial charge in [0.05, 0.1) is 9.82 Å². The lowest BCUT2D eigenvalue weighted by Gasteiger charge is -2.14. The van der Waals surface area contributed by atoms with Crippen molar-refractivity contribution >= 4 is 39.0 Å². The fourth-order valence-corrected chi connectivity index (χ4v) is 3.95. The molecule has 0 radical (unpaired) electrons. The van der Waals surface area contributed by atoms with Gasteiger partial charge in [-0.25, -0.2) is 8.42 Å². The first kappa shape index (κ1) is 26.7. The number of amides is 1. The molecule has 1 amide bonds. The maximum atomic E-state index is 12.4. The Morgan fingerprint density at radius 1 is 1.15 bits per heavy atom. The highest BCUT2D eigenvalue weighted by Gasteiger charge is 2.23. The smallest absolute Gasteiger partial charge is 0.321 e. The van der Waals surface area contributed by atoms with Crippen LogP contribution in [0.4, 0.5) is 17.1 Å². The Kier molecular flexibility index (Phi) is 9.10. The van der Waals surface area contributed by atoms with E-state index in [1.54, 1.807) is 26.2 Å². The highest BCUT2D eigenvalue weighted by Crippen LogP contribution is 2.29. The average Bonchev–Trinajstić information content (AvgIpc) is 2.80. The lowest BCUT2D eigenvalue weighted by Crippen LogP contribution is -2.32. The Labute approximate surface area is 198 Å². The summed E-state index contributed by atoms with van der Waals surface area (Å²) in [6, 6.07) is 10.7. The molecule has 2 aromatic carbocycles. The first-order chi connectivity index (χ1) is 15.9. The maximum absolute atomic E-state index is 12.4. The average molecular weight is 493 g/mol. The van der Waals surface area contributed by atoms with Gasteiger partial charge in [-0.3, -0.25) is 19.7 Å². The van der Waals surface area contributed by atoms with Crippen LogP contribution in [0.5, 0.6) is 0 Å². The number of rotatable bonds is 11. The number of hydrogen-bond donors (Lipinski definition) is 2. The molecule has 0 spiro atoms. The van der Waals surface area contributed by atoms with Crippen LogP contribution in [0.2, 0.25) is 0 Å². The number of nitro groups is 1. The number of esters is 1. The molecule has 2 N–H and O–H groups in total. The molecule has 0 aliphatic rings. The summed E-state index contributed by atoms with van der Waals surface area (Å²) in [4.78, 5) is 35.6. The number of nitro benzene ring substituents is 1. The summed E-state index contributed by atoms with van der Waals surface area (Å²) in [5, 5.41) is 13.9. The monoisotopic (exact) mass is 492 g/mol. The van der Waals surface area contributed by atoms with Crippen LogP contribution in [-0.2, 0) is 24.3 Å². The second-order valence-corrected chi connectivity index (χ2v) is 9.53. The standard InChI is InChI=1S/C22H28N4O7S/c1-5-15(2)16-6-8-17(9-7-16)24-21(27)14-33-22(28)13-23-34(31,32)18-10-11-19(25(3)4)20(12-18)26(29)30/h6-12,15,23H,5,13-14H2,1-4H3,(H,24,27)/t15-/m0/s1. The molecule has 0 saturated carbocycles. The van der Waals surface area contributed by atoms with Gasteiger partial charge in [-0.1, -0.05) is 26.0 Å². The van der Waals surface area contributed by atoms with Gasteiger partial charge >= 0.3 is 5.97 Å². The fourth-order valence-electron chi connectivity index (χ4n) is 2.96. The van der Waals surface area contributed by atoms with E-state index in [1.165, 1.54) is 17.0 Å². The van der Waals surface area contributed by atoms with E-state index in [0.29, 0.717) is 11.6 Å². The number of benzene rings is 2. The number of carbonyl (C=O) groups is 2. The molecule has 0 bridgehead atoms. The fraction of sp³-hybridized carbons (Fsp3) is 0.364. The van der Waals surface area contributed by atoms with E-state index in [2.05, 4.69) is 19.2 Å². The molecule has 11 nitrogen and oxygen atoms in total. The van der Waals surface area contributed by atoms with E-state index in [0.717, 1.165) is 18.1 Å². The summed E-state index contributed by atoms with van der Waals surface area (Å²) < 4.78 is 31.7. The molecule has 12 heteroatoms. The molecule has 0 heterocycles. The van der Waals surface area contributed by atoms with Crippen LogP contribution in [0.25, 0.3) is 0 Å². The van der Waals surface area contributed by atoms with Crippen molar-refractivity contribution in [1.82, 2.24) is 4.72 Å². The van der Waals surface area contributed by atoms with Crippen molar-refractivity contribution in [2.75, 3.05) is 37.5 Å². The Bertz CT molecular complexity index is 1150. The van der Waals surface area contributed by atoms with Gasteiger partial charge in [-0.15, -0.1) is 0 Å². The molecule has 0 fully saturated rings. The van der Waals surface area contributed by atoms with Gasteiger partial charge in [-0.2, -0.15) is 4.72 Å². The number of ether oxygens (including phenoxy) is 1. The first-order valence-electron chi connectivity index (χ1n) is 10.5. The van der Waals surface area contributed by atoms with Crippen molar-refractivity contribution in [3.8, 4) is 0 Å². The van der Waals surface area contributed by atoms with E-state index in [4.69, 9.17) is 4.74 Å². The predicted molar refractivity (Wildman–Crippen MR) is 127 cm³/mol. The highest BCUT2D eigenvalue weighted by molar-refractivity contribution is 7.89. The minimum atomic E-state index is -4.23. The number of nitrogens with one attached hydrogen (secondary N) is 2. The van der Waals surface area contributed by atoms with Gasteiger partial charge in [0.1, 0.15) is 12.2 Å². The van der Waals surface area contributed by atoms with E-state index >= 15 is 0 Å². The van der Waals surface area contributed by atoms with Gasteiger partial charge in [0.2, 0.25) is 10.0 Å². The molecule has 2 rings (SSSR count). The van der Waals surface area contributed by atoms with Crippen molar-refractivity contribution in [3.05, 3.63) is 58.1 Å². The molecule has 184 valence electrons. The summed E-state index contributed by atoms with van der Waals surface area (Å²) in [5.41, 5.74) is 1.51. The predicted octanol–water partition coefficient (Wildman–Crippen LogP) is 2.63. The zero-order valence-corrected chi connectivity index (χ0v) is 20.2. The number of carbonyl (C=O) groups excluding carboxylic acids is 2. The third-order valence-electron chi connectivity index (χ3n) is 5.08. The van der Waals surface area contributed by atoms with E-state index in [-0.39, 0.29) is 10.6 Å². The molecule has 0 unspecified atom stereocenters. The van der Waals surface area contributed by atoms with E-state index < -0.39 is 45.7 Å². The maximum Gasteiger partial charge on any atom is 0.321 e. The third-order valence-corrected chi connectivity index (χ3v) is 6.48. The van der Waals surface area contributed by atoms with Crippen LogP contribution in [0.3, 0.4) is 0 Å². The molecular weight excluding hydrogens is 464 g/mol. The van der Waals surface area contributed by atoms with Gasteiger partial charge in [0.25, 0.3) is 11.6 Å². The van der Waals surface area contributed by atoms with Crippen LogP contribution in [0.15, 0.2) is 47.4 Å². The lowest BCUT2D eigenvalue weighted by molar-refractivity contribution is -0.384. The van der Waals surface area contributed by atoms with Crippen LogP contribution in [0.1, 0.15) is 31.7 Å². The largest absolute Gasteiger partial charge is 0.455 e. The summed E-state index contributed by atoms with van der Waals surface area (Å²) in [6.07, 6.45) is 0.990. The van der Waals surface area contributed by atoms with Crippen molar-refractivity contribution in [3.63, 3.8) is 0 Å². The highest BCUT2D eigenvalue weighted by atomic mass is 32.2. The molecule has 0 aromatic heterocycles. The first-order valence-corrected chi connectivity index (χ1v) is 11.9. The minimum Gasteiger partial charge on any atom is -0.455 e. The normalized spacial score (nSPS) is 12.0. The SMILES string of the molecule is CC[C@H](C)c1ccc(NC(=O)COC(=O)CNS(=O)(=O)c2ccc(N(C)C)c([N+](=O)[O-])c2)cc1. The van der Waals surface area contributed by atoms with Crippen LogP contribution in [0, 0.1) is 10.1 Å². The van der Waals surface area contributed by atoms with Gasteiger partial charge in [0.15, 0.2) is 6.61 Å². The Morgan fingerprint density at radius 2 is 1.79 bits per heavy atom. The molecule has 0 saturated heterocycles. The van der Waals surface area contributed by atoms with Gasteiger partial charge in [0, 0.05) is 25.8 Å². The third kappa shape index (κ3) is 7.25. The van der Waals surface area contributed by atoms with Gasteiger partial charge in [-0.05, 0) is 42.2 Å². The Balaban J connectivity index is 1.90. The number of anilines is 2. The quantitative estimate of drug-likeness (QED) is 0.276. The molecule has 34 heavy (non-hydrogen) atoms. The van der Waals surface area contributed by atoms with E-state index in [9.17, 15) is 28.1 Å². The molecule has 0 aliphatic heterocycles. The topological polar surface area (TPSA) is 148 Å². The molecule has 1 atom stereocenters. The summed E-state index contributed by atoms with van der Waals surface area (Å²) >= 11 is 0. The zero-order valence-electron chi connectivity index (χ0n) is 19.4. The molecule has 2 aromatic rings. The second-order valence-electron chi connectivity index (χ2n) is 7.77.